The van der Waals surface area contributed by atoms with Crippen LogP contribution in [-0.4, -0.2) is 37.3 Å². The van der Waals surface area contributed by atoms with Gasteiger partial charge in [0, 0.05) is 31.3 Å². The second-order valence-corrected chi connectivity index (χ2v) is 5.84. The summed E-state index contributed by atoms with van der Waals surface area (Å²) in [5.74, 6) is -0.291. The number of hydrogen-bond acceptors (Lipinski definition) is 5. The molecular weight excluding hydrogens is 292 g/mol. The third-order valence-corrected chi connectivity index (χ3v) is 3.94. The van der Waals surface area contributed by atoms with Crippen molar-refractivity contribution in [2.45, 2.75) is 52.0 Å². The van der Waals surface area contributed by atoms with E-state index in [9.17, 15) is 9.90 Å². The van der Waals surface area contributed by atoms with Crippen molar-refractivity contribution in [3.05, 3.63) is 23.8 Å². The van der Waals surface area contributed by atoms with Crippen LogP contribution in [0.25, 0.3) is 0 Å². The normalized spacial score (nSPS) is 12.0. The maximum atomic E-state index is 11.4. The SMILES string of the molecule is CCCCN(CCCC)c1ccc(CC(N)C(=O)OC)c(O)c1. The standard InChI is InChI=1S/C18H30N2O3/c1-4-6-10-20(11-7-5-2)15-9-8-14(17(21)13-15)12-16(19)18(22)23-3/h8-9,13,16,21H,4-7,10-12,19H2,1-3H3. The molecule has 0 amide bonds. The van der Waals surface area contributed by atoms with Crippen molar-refractivity contribution in [1.82, 2.24) is 0 Å². The summed E-state index contributed by atoms with van der Waals surface area (Å²) in [6.07, 6.45) is 4.79. The maximum Gasteiger partial charge on any atom is 0.322 e. The van der Waals surface area contributed by atoms with Crippen molar-refractivity contribution in [2.24, 2.45) is 5.73 Å². The molecule has 0 aromatic heterocycles. The Kier molecular flexibility index (Phi) is 8.48. The van der Waals surface area contributed by atoms with Gasteiger partial charge in [0.1, 0.15) is 11.8 Å². The van der Waals surface area contributed by atoms with Crippen LogP contribution < -0.4 is 10.6 Å². The van der Waals surface area contributed by atoms with Gasteiger partial charge in [-0.1, -0.05) is 32.8 Å². The Labute approximate surface area is 139 Å². The van der Waals surface area contributed by atoms with E-state index in [1.54, 1.807) is 6.07 Å². The fourth-order valence-corrected chi connectivity index (χ4v) is 2.46. The zero-order valence-corrected chi connectivity index (χ0v) is 14.5. The Bertz CT molecular complexity index is 483. The first-order valence-corrected chi connectivity index (χ1v) is 8.43. The minimum Gasteiger partial charge on any atom is -0.508 e. The van der Waals surface area contributed by atoms with Gasteiger partial charge >= 0.3 is 5.97 Å². The van der Waals surface area contributed by atoms with Gasteiger partial charge in [0.25, 0.3) is 0 Å². The molecule has 0 aliphatic carbocycles. The van der Waals surface area contributed by atoms with Crippen LogP contribution in [-0.2, 0) is 16.0 Å². The molecule has 3 N–H and O–H groups in total. The van der Waals surface area contributed by atoms with Gasteiger partial charge in [-0.3, -0.25) is 4.79 Å². The molecule has 23 heavy (non-hydrogen) atoms. The molecule has 130 valence electrons. The first-order chi connectivity index (χ1) is 11.0. The number of anilines is 1. The van der Waals surface area contributed by atoms with E-state index in [-0.39, 0.29) is 12.2 Å². The summed E-state index contributed by atoms with van der Waals surface area (Å²) >= 11 is 0. The highest BCUT2D eigenvalue weighted by atomic mass is 16.5. The summed E-state index contributed by atoms with van der Waals surface area (Å²) in [6.45, 7) is 6.31. The summed E-state index contributed by atoms with van der Waals surface area (Å²) in [4.78, 5) is 13.7. The summed E-state index contributed by atoms with van der Waals surface area (Å²) in [7, 11) is 1.31. The number of hydrogen-bond donors (Lipinski definition) is 2. The molecule has 0 aliphatic heterocycles. The van der Waals surface area contributed by atoms with E-state index in [1.165, 1.54) is 7.11 Å². The van der Waals surface area contributed by atoms with Crippen LogP contribution in [0.15, 0.2) is 18.2 Å². The number of aromatic hydroxyl groups is 1. The van der Waals surface area contributed by atoms with Crippen molar-refractivity contribution in [2.75, 3.05) is 25.1 Å². The van der Waals surface area contributed by atoms with Gasteiger partial charge in [-0.15, -0.1) is 0 Å². The zero-order chi connectivity index (χ0) is 17.2. The van der Waals surface area contributed by atoms with Crippen molar-refractivity contribution in [3.8, 4) is 5.75 Å². The van der Waals surface area contributed by atoms with Crippen LogP contribution in [0.5, 0.6) is 5.75 Å². The molecule has 1 unspecified atom stereocenters. The molecular formula is C18H30N2O3. The molecule has 5 nitrogen and oxygen atoms in total. The number of nitrogens with two attached hydrogens (primary N) is 1. The third kappa shape index (κ3) is 6.10. The van der Waals surface area contributed by atoms with E-state index in [2.05, 4.69) is 23.5 Å². The minimum atomic E-state index is -0.756. The summed E-state index contributed by atoms with van der Waals surface area (Å²) in [5, 5.41) is 10.3. The fourth-order valence-electron chi connectivity index (χ4n) is 2.46. The molecule has 0 saturated heterocycles. The van der Waals surface area contributed by atoms with Crippen LogP contribution >= 0.6 is 0 Å². The van der Waals surface area contributed by atoms with E-state index in [1.807, 2.05) is 12.1 Å². The number of carbonyl (C=O) groups excluding carboxylic acids is 1. The average molecular weight is 322 g/mol. The first-order valence-electron chi connectivity index (χ1n) is 8.43. The lowest BCUT2D eigenvalue weighted by Gasteiger charge is -2.25. The molecule has 1 aromatic carbocycles. The maximum absolute atomic E-state index is 11.4. The molecule has 5 heteroatoms. The van der Waals surface area contributed by atoms with Gasteiger partial charge < -0.3 is 20.5 Å². The first kappa shape index (κ1) is 19.3. The molecule has 0 heterocycles. The third-order valence-electron chi connectivity index (χ3n) is 3.94. The van der Waals surface area contributed by atoms with Crippen molar-refractivity contribution in [1.29, 1.82) is 0 Å². The molecule has 0 radical (unpaired) electrons. The van der Waals surface area contributed by atoms with Gasteiger partial charge in [-0.2, -0.15) is 0 Å². The smallest absolute Gasteiger partial charge is 0.322 e. The van der Waals surface area contributed by atoms with Crippen LogP contribution in [0, 0.1) is 0 Å². The van der Waals surface area contributed by atoms with Gasteiger partial charge in [-0.25, -0.2) is 0 Å². The van der Waals surface area contributed by atoms with Crippen LogP contribution in [0.1, 0.15) is 45.1 Å². The quantitative estimate of drug-likeness (QED) is 0.648. The molecule has 1 rings (SSSR count). The average Bonchev–Trinajstić information content (AvgIpc) is 2.56. The number of phenolic OH excluding ortho intramolecular Hbond substituents is 1. The number of esters is 1. The molecule has 1 aromatic rings. The van der Waals surface area contributed by atoms with Gasteiger partial charge in [0.05, 0.1) is 7.11 Å². The van der Waals surface area contributed by atoms with Gasteiger partial charge in [0.15, 0.2) is 0 Å². The lowest BCUT2D eigenvalue weighted by Crippen LogP contribution is -2.33. The zero-order valence-electron chi connectivity index (χ0n) is 14.5. The van der Waals surface area contributed by atoms with E-state index >= 15 is 0 Å². The summed E-state index contributed by atoms with van der Waals surface area (Å²) < 4.78 is 4.62. The largest absolute Gasteiger partial charge is 0.508 e. The highest BCUT2D eigenvalue weighted by molar-refractivity contribution is 5.76. The Morgan fingerprint density at radius 1 is 1.26 bits per heavy atom. The van der Waals surface area contributed by atoms with Gasteiger partial charge in [0.2, 0.25) is 0 Å². The molecule has 0 fully saturated rings. The summed E-state index contributed by atoms with van der Waals surface area (Å²) in [5.41, 5.74) is 7.44. The number of carbonyl (C=O) groups is 1. The monoisotopic (exact) mass is 322 g/mol. The van der Waals surface area contributed by atoms with Crippen molar-refractivity contribution in [3.63, 3.8) is 0 Å². The second kappa shape index (κ2) is 10.1. The van der Waals surface area contributed by atoms with Crippen molar-refractivity contribution < 1.29 is 14.6 Å². The predicted octanol–water partition coefficient (Wildman–Crippen LogP) is 2.84. The molecule has 0 bridgehead atoms. The van der Waals surface area contributed by atoms with Crippen LogP contribution in [0.3, 0.4) is 0 Å². The Hall–Kier alpha value is -1.75. The highest BCUT2D eigenvalue weighted by Crippen LogP contribution is 2.26. The molecule has 0 spiro atoms. The number of ether oxygens (including phenoxy) is 1. The van der Waals surface area contributed by atoms with Gasteiger partial charge in [-0.05, 0) is 24.5 Å². The lowest BCUT2D eigenvalue weighted by molar-refractivity contribution is -0.142. The van der Waals surface area contributed by atoms with Crippen molar-refractivity contribution >= 4 is 11.7 Å². The molecule has 0 aliphatic rings. The second-order valence-electron chi connectivity index (χ2n) is 5.84. The topological polar surface area (TPSA) is 75.8 Å². The number of nitrogens with zero attached hydrogens (tertiary/aromatic N) is 1. The number of phenols is 1. The van der Waals surface area contributed by atoms with E-state index in [4.69, 9.17) is 5.73 Å². The van der Waals surface area contributed by atoms with E-state index in [0.717, 1.165) is 44.5 Å². The van der Waals surface area contributed by atoms with E-state index < -0.39 is 12.0 Å². The van der Waals surface area contributed by atoms with E-state index in [0.29, 0.717) is 5.56 Å². The van der Waals surface area contributed by atoms with Crippen LogP contribution in [0.4, 0.5) is 5.69 Å². The molecule has 1 atom stereocenters. The number of unbranched alkanes of at least 4 members (excludes halogenated alkanes) is 2. The highest BCUT2D eigenvalue weighted by Gasteiger charge is 2.17. The Balaban J connectivity index is 2.84. The lowest BCUT2D eigenvalue weighted by atomic mass is 10.0. The predicted molar refractivity (Wildman–Crippen MR) is 93.8 cm³/mol. The van der Waals surface area contributed by atoms with Crippen LogP contribution in [0.2, 0.25) is 0 Å². The fraction of sp³-hybridized carbons (Fsp3) is 0.611. The Morgan fingerprint density at radius 3 is 2.35 bits per heavy atom. The molecule has 0 saturated carbocycles. The number of rotatable bonds is 10. The number of methoxy groups -OCH3 is 1. The minimum absolute atomic E-state index is 0.180. The Morgan fingerprint density at radius 2 is 1.87 bits per heavy atom. The summed E-state index contributed by atoms with van der Waals surface area (Å²) in [6, 6.07) is 4.85. The number of benzene rings is 1.